The molecule has 1 amide bonds. The number of benzene rings is 1. The number of aromatic nitrogens is 4. The molecule has 0 saturated carbocycles. The number of hydrogen-bond acceptors (Lipinski definition) is 6. The normalized spacial score (nSPS) is 14.2. The van der Waals surface area contributed by atoms with Crippen molar-refractivity contribution in [2.45, 2.75) is 39.7 Å². The zero-order valence-electron chi connectivity index (χ0n) is 17.5. The lowest BCUT2D eigenvalue weighted by Gasteiger charge is -2.26. The molecule has 0 N–H and O–H groups in total. The highest BCUT2D eigenvalue weighted by molar-refractivity contribution is 6.07. The van der Waals surface area contributed by atoms with Gasteiger partial charge in [0.05, 0.1) is 12.6 Å². The van der Waals surface area contributed by atoms with Crippen LogP contribution in [0.3, 0.4) is 0 Å². The Bertz CT molecular complexity index is 1100. The predicted molar refractivity (Wildman–Crippen MR) is 112 cm³/mol. The first-order valence-corrected chi connectivity index (χ1v) is 10.1. The average molecular weight is 407 g/mol. The molecule has 1 aromatic carbocycles. The highest BCUT2D eigenvalue weighted by Gasteiger charge is 2.26. The maximum Gasteiger partial charge on any atom is 0.327 e. The minimum absolute atomic E-state index is 0.0475. The van der Waals surface area contributed by atoms with Crippen LogP contribution in [-0.2, 0) is 16.1 Å². The molecule has 156 valence electrons. The van der Waals surface area contributed by atoms with Gasteiger partial charge in [0.1, 0.15) is 12.4 Å². The van der Waals surface area contributed by atoms with E-state index < -0.39 is 5.97 Å². The van der Waals surface area contributed by atoms with Crippen molar-refractivity contribution in [3.63, 3.8) is 0 Å². The number of carbonyl (C=O) groups excluding carboxylic acids is 2. The van der Waals surface area contributed by atoms with Crippen LogP contribution in [-0.4, -0.2) is 56.7 Å². The van der Waals surface area contributed by atoms with Crippen LogP contribution >= 0.6 is 0 Å². The van der Waals surface area contributed by atoms with Crippen molar-refractivity contribution in [3.8, 4) is 11.1 Å². The summed E-state index contributed by atoms with van der Waals surface area (Å²) in [4.78, 5) is 35.7. The number of nitrogens with zero attached hydrogens (tertiary/aromatic N) is 5. The van der Waals surface area contributed by atoms with E-state index in [1.807, 2.05) is 30.9 Å². The van der Waals surface area contributed by atoms with Gasteiger partial charge in [0.25, 0.3) is 5.91 Å². The fraction of sp³-hybridized carbons (Fsp3) is 0.409. The molecule has 8 nitrogen and oxygen atoms in total. The monoisotopic (exact) mass is 407 g/mol. The zero-order valence-corrected chi connectivity index (χ0v) is 17.5. The molecule has 0 bridgehead atoms. The molecule has 3 aromatic rings. The second kappa shape index (κ2) is 8.22. The number of hydrogen-bond donors (Lipinski definition) is 0. The van der Waals surface area contributed by atoms with E-state index in [0.29, 0.717) is 11.5 Å². The Morgan fingerprint density at radius 1 is 1.03 bits per heavy atom. The van der Waals surface area contributed by atoms with Gasteiger partial charge in [0.2, 0.25) is 0 Å². The van der Waals surface area contributed by atoms with Crippen LogP contribution in [0.2, 0.25) is 0 Å². The van der Waals surface area contributed by atoms with Crippen molar-refractivity contribution >= 4 is 22.8 Å². The van der Waals surface area contributed by atoms with Gasteiger partial charge in [-0.1, -0.05) is 0 Å². The molecule has 1 aliphatic rings. The van der Waals surface area contributed by atoms with Gasteiger partial charge in [-0.25, -0.2) is 9.97 Å². The summed E-state index contributed by atoms with van der Waals surface area (Å²) in [6.07, 6.45) is 6.68. The van der Waals surface area contributed by atoms with Crippen LogP contribution in [0.15, 0.2) is 24.5 Å². The molecule has 0 aliphatic carbocycles. The summed E-state index contributed by atoms with van der Waals surface area (Å²) in [5.74, 6) is 0.190. The maximum absolute atomic E-state index is 13.3. The smallest absolute Gasteiger partial charge is 0.327 e. The van der Waals surface area contributed by atoms with Crippen LogP contribution < -0.4 is 0 Å². The standard InChI is InChI=1S/C22H25N5O3/c1-14-9-16(17-11-23-15(2)24-12-17)10-18-20(22(29)26-7-5-4-6-8-26)25-27(21(14)18)13-19(28)30-3/h9-12H,4-8,13H2,1-3H3. The summed E-state index contributed by atoms with van der Waals surface area (Å²) in [6, 6.07) is 3.94. The van der Waals surface area contributed by atoms with Gasteiger partial charge in [-0.2, -0.15) is 5.10 Å². The summed E-state index contributed by atoms with van der Waals surface area (Å²) >= 11 is 0. The number of fused-ring (bicyclic) bond motifs is 1. The number of rotatable bonds is 4. The first kappa shape index (κ1) is 20.0. The molecule has 3 heterocycles. The molecule has 2 aromatic heterocycles. The quantitative estimate of drug-likeness (QED) is 0.618. The van der Waals surface area contributed by atoms with Gasteiger partial charge in [0, 0.05) is 36.4 Å². The van der Waals surface area contributed by atoms with E-state index in [4.69, 9.17) is 4.74 Å². The Hall–Kier alpha value is -3.29. The molecule has 1 saturated heterocycles. The molecule has 30 heavy (non-hydrogen) atoms. The molecule has 8 heteroatoms. The minimum Gasteiger partial charge on any atom is -0.468 e. The Morgan fingerprint density at radius 3 is 2.40 bits per heavy atom. The van der Waals surface area contributed by atoms with Gasteiger partial charge >= 0.3 is 5.97 Å². The van der Waals surface area contributed by atoms with Crippen molar-refractivity contribution in [3.05, 3.63) is 41.6 Å². The first-order valence-electron chi connectivity index (χ1n) is 10.1. The van der Waals surface area contributed by atoms with Crippen molar-refractivity contribution in [2.24, 2.45) is 0 Å². The topological polar surface area (TPSA) is 90.2 Å². The van der Waals surface area contributed by atoms with Gasteiger partial charge in [-0.15, -0.1) is 0 Å². The number of likely N-dealkylation sites (tertiary alicyclic amines) is 1. The minimum atomic E-state index is -0.410. The second-order valence-electron chi connectivity index (χ2n) is 7.64. The summed E-state index contributed by atoms with van der Waals surface area (Å²) in [6.45, 7) is 5.20. The Morgan fingerprint density at radius 2 is 1.73 bits per heavy atom. The summed E-state index contributed by atoms with van der Waals surface area (Å²) < 4.78 is 6.39. The number of piperidine rings is 1. The third-order valence-corrected chi connectivity index (χ3v) is 5.50. The lowest BCUT2D eigenvalue weighted by atomic mass is 10.0. The number of aryl methyl sites for hydroxylation is 2. The van der Waals surface area contributed by atoms with Gasteiger partial charge in [0.15, 0.2) is 5.69 Å². The van der Waals surface area contributed by atoms with Crippen molar-refractivity contribution in [1.82, 2.24) is 24.6 Å². The van der Waals surface area contributed by atoms with Crippen LogP contribution in [0.1, 0.15) is 41.1 Å². The largest absolute Gasteiger partial charge is 0.468 e. The lowest BCUT2D eigenvalue weighted by Crippen LogP contribution is -2.36. The van der Waals surface area contributed by atoms with E-state index in [-0.39, 0.29) is 12.5 Å². The molecule has 1 fully saturated rings. The van der Waals surface area contributed by atoms with Gasteiger partial charge in [-0.3, -0.25) is 14.3 Å². The van der Waals surface area contributed by atoms with Crippen molar-refractivity contribution in [2.75, 3.05) is 20.2 Å². The van der Waals surface area contributed by atoms with E-state index in [1.165, 1.54) is 7.11 Å². The van der Waals surface area contributed by atoms with Crippen LogP contribution in [0, 0.1) is 13.8 Å². The van der Waals surface area contributed by atoms with Crippen molar-refractivity contribution in [1.29, 1.82) is 0 Å². The molecule has 4 rings (SSSR count). The van der Waals surface area contributed by atoms with Crippen molar-refractivity contribution < 1.29 is 14.3 Å². The van der Waals surface area contributed by atoms with E-state index >= 15 is 0 Å². The molecule has 0 unspecified atom stereocenters. The molecular weight excluding hydrogens is 382 g/mol. The van der Waals surface area contributed by atoms with Gasteiger partial charge in [-0.05, 0) is 56.4 Å². The number of methoxy groups -OCH3 is 1. The number of ether oxygens (including phenoxy) is 1. The Kier molecular flexibility index (Phi) is 5.48. The molecular formula is C22H25N5O3. The molecule has 0 atom stereocenters. The summed E-state index contributed by atoms with van der Waals surface area (Å²) in [5, 5.41) is 5.28. The summed E-state index contributed by atoms with van der Waals surface area (Å²) in [7, 11) is 1.34. The predicted octanol–water partition coefficient (Wildman–Crippen LogP) is 2.91. The highest BCUT2D eigenvalue weighted by atomic mass is 16.5. The average Bonchev–Trinajstić information content (AvgIpc) is 3.12. The maximum atomic E-state index is 13.3. The molecule has 0 spiro atoms. The lowest BCUT2D eigenvalue weighted by molar-refractivity contribution is -0.141. The fourth-order valence-electron chi connectivity index (χ4n) is 3.94. The summed E-state index contributed by atoms with van der Waals surface area (Å²) in [5.41, 5.74) is 3.82. The van der Waals surface area contributed by atoms with Crippen LogP contribution in [0.5, 0.6) is 0 Å². The zero-order chi connectivity index (χ0) is 21.3. The Balaban J connectivity index is 1.86. The fourth-order valence-corrected chi connectivity index (χ4v) is 3.94. The Labute approximate surface area is 174 Å². The van der Waals surface area contributed by atoms with E-state index in [9.17, 15) is 9.59 Å². The van der Waals surface area contributed by atoms with Crippen LogP contribution in [0.25, 0.3) is 22.0 Å². The third-order valence-electron chi connectivity index (χ3n) is 5.50. The van der Waals surface area contributed by atoms with E-state index in [1.54, 1.807) is 17.1 Å². The first-order chi connectivity index (χ1) is 14.5. The third kappa shape index (κ3) is 3.77. The second-order valence-corrected chi connectivity index (χ2v) is 7.64. The molecule has 0 radical (unpaired) electrons. The van der Waals surface area contributed by atoms with E-state index in [2.05, 4.69) is 15.1 Å². The highest BCUT2D eigenvalue weighted by Crippen LogP contribution is 2.30. The number of esters is 1. The van der Waals surface area contributed by atoms with Crippen LogP contribution in [0.4, 0.5) is 0 Å². The SMILES string of the molecule is COC(=O)Cn1nc(C(=O)N2CCCCC2)c2cc(-c3cnc(C)nc3)cc(C)c21. The number of amides is 1. The number of carbonyl (C=O) groups is 2. The van der Waals surface area contributed by atoms with E-state index in [0.717, 1.165) is 59.9 Å². The van der Waals surface area contributed by atoms with Gasteiger partial charge < -0.3 is 9.64 Å². The molecule has 1 aliphatic heterocycles.